The summed E-state index contributed by atoms with van der Waals surface area (Å²) in [5, 5.41) is 15.5. The molecule has 36 heavy (non-hydrogen) atoms. The molecule has 2 aromatic rings. The van der Waals surface area contributed by atoms with E-state index in [2.05, 4.69) is 6.07 Å². The molecule has 10 heteroatoms. The number of allylic oxidation sites excluding steroid dienone is 3. The van der Waals surface area contributed by atoms with Gasteiger partial charge in [0.2, 0.25) is 10.0 Å². The molecule has 2 aromatic carbocycles. The smallest absolute Gasteiger partial charge is 0.238 e. The quantitative estimate of drug-likeness (QED) is 0.625. The zero-order chi connectivity index (χ0) is 26.4. The Labute approximate surface area is 210 Å². The third-order valence-electron chi connectivity index (χ3n) is 6.55. The SMILES string of the molecule is COc1cccc(C2C(C#N)=C(N)N(c3ccc(S(N)(=O)=O)cc3)C3=C2C(=O)CC(C)(C)C3)c1OC. The van der Waals surface area contributed by atoms with E-state index in [1.165, 1.54) is 26.4 Å². The average molecular weight is 509 g/mol. The van der Waals surface area contributed by atoms with Crippen LogP contribution in [0.4, 0.5) is 5.69 Å². The lowest BCUT2D eigenvalue weighted by Gasteiger charge is -2.44. The number of nitrogens with two attached hydrogens (primary N) is 2. The van der Waals surface area contributed by atoms with Gasteiger partial charge in [0.1, 0.15) is 5.82 Å². The first-order chi connectivity index (χ1) is 16.9. The topological polar surface area (TPSA) is 149 Å². The number of Topliss-reactive ketones (excluding diaryl/α,β-unsaturated/α-hetero) is 1. The minimum absolute atomic E-state index is 0.0560. The van der Waals surface area contributed by atoms with Crippen LogP contribution < -0.4 is 25.2 Å². The number of nitriles is 1. The van der Waals surface area contributed by atoms with E-state index in [-0.39, 0.29) is 27.5 Å². The normalized spacial score (nSPS) is 19.6. The van der Waals surface area contributed by atoms with Crippen molar-refractivity contribution in [2.24, 2.45) is 16.3 Å². The highest BCUT2D eigenvalue weighted by Gasteiger charge is 2.45. The fraction of sp³-hybridized carbons (Fsp3) is 0.308. The molecule has 4 N–H and O–H groups in total. The number of para-hydroxylation sites is 1. The lowest BCUT2D eigenvalue weighted by molar-refractivity contribution is -0.118. The molecule has 0 saturated carbocycles. The van der Waals surface area contributed by atoms with Crippen LogP contribution in [0.3, 0.4) is 0 Å². The maximum atomic E-state index is 13.7. The first-order valence-electron chi connectivity index (χ1n) is 11.2. The van der Waals surface area contributed by atoms with Crippen LogP contribution in [0.15, 0.2) is 70.0 Å². The lowest BCUT2D eigenvalue weighted by Crippen LogP contribution is -2.42. The number of anilines is 1. The third-order valence-corrected chi connectivity index (χ3v) is 7.48. The van der Waals surface area contributed by atoms with Gasteiger partial charge in [0.15, 0.2) is 17.3 Å². The van der Waals surface area contributed by atoms with Gasteiger partial charge in [0.25, 0.3) is 0 Å². The van der Waals surface area contributed by atoms with Gasteiger partial charge in [-0.25, -0.2) is 13.6 Å². The highest BCUT2D eigenvalue weighted by atomic mass is 32.2. The predicted octanol–water partition coefficient (Wildman–Crippen LogP) is 3.29. The van der Waals surface area contributed by atoms with Crippen molar-refractivity contribution in [1.29, 1.82) is 5.26 Å². The van der Waals surface area contributed by atoms with Crippen molar-refractivity contribution in [3.05, 3.63) is 70.7 Å². The van der Waals surface area contributed by atoms with Crippen molar-refractivity contribution in [3.63, 3.8) is 0 Å². The molecule has 188 valence electrons. The standard InChI is InChI=1S/C26H28N4O5S/c1-26(2)12-19-23(20(31)13-26)22(17-6-5-7-21(34-3)24(17)35-4)18(14-27)25(28)30(19)15-8-10-16(11-9-15)36(29,32)33/h5-11,22H,12-13,28H2,1-4H3,(H2,29,32,33). The van der Waals surface area contributed by atoms with Gasteiger partial charge in [-0.1, -0.05) is 26.0 Å². The second-order valence-corrected chi connectivity index (χ2v) is 11.2. The first-order valence-corrected chi connectivity index (χ1v) is 12.8. The van der Waals surface area contributed by atoms with Gasteiger partial charge in [-0.2, -0.15) is 5.26 Å². The van der Waals surface area contributed by atoms with Crippen LogP contribution in [0.5, 0.6) is 11.5 Å². The molecular weight excluding hydrogens is 480 g/mol. The van der Waals surface area contributed by atoms with Crippen molar-refractivity contribution in [3.8, 4) is 17.6 Å². The molecule has 2 aliphatic rings. The number of ether oxygens (including phenoxy) is 2. The summed E-state index contributed by atoms with van der Waals surface area (Å²) >= 11 is 0. The van der Waals surface area contributed by atoms with Gasteiger partial charge in [-0.05, 0) is 42.2 Å². The molecule has 1 aliphatic carbocycles. The van der Waals surface area contributed by atoms with Crippen molar-refractivity contribution >= 4 is 21.5 Å². The molecule has 1 unspecified atom stereocenters. The molecule has 4 rings (SSSR count). The Morgan fingerprint density at radius 2 is 1.75 bits per heavy atom. The number of nitrogens with zero attached hydrogens (tertiary/aromatic N) is 2. The van der Waals surface area contributed by atoms with E-state index < -0.39 is 15.9 Å². The molecule has 0 aromatic heterocycles. The van der Waals surface area contributed by atoms with Crippen molar-refractivity contribution in [2.45, 2.75) is 37.5 Å². The molecule has 0 spiro atoms. The second-order valence-electron chi connectivity index (χ2n) is 9.60. The zero-order valence-electron chi connectivity index (χ0n) is 20.5. The van der Waals surface area contributed by atoms with Crippen LogP contribution in [-0.2, 0) is 14.8 Å². The number of methoxy groups -OCH3 is 2. The van der Waals surface area contributed by atoms with Gasteiger partial charge < -0.3 is 15.2 Å². The number of benzene rings is 2. The van der Waals surface area contributed by atoms with Gasteiger partial charge in [0.05, 0.1) is 36.7 Å². The van der Waals surface area contributed by atoms with Gasteiger partial charge in [0, 0.05) is 28.9 Å². The summed E-state index contributed by atoms with van der Waals surface area (Å²) < 4.78 is 34.6. The molecule has 0 radical (unpaired) electrons. The largest absolute Gasteiger partial charge is 0.493 e. The van der Waals surface area contributed by atoms with Crippen LogP contribution in [0.1, 0.15) is 38.2 Å². The van der Waals surface area contributed by atoms with E-state index in [1.807, 2.05) is 13.8 Å². The van der Waals surface area contributed by atoms with Crippen LogP contribution in [0.25, 0.3) is 0 Å². The van der Waals surface area contributed by atoms with Gasteiger partial charge in [-0.3, -0.25) is 9.69 Å². The number of sulfonamides is 1. The summed E-state index contributed by atoms with van der Waals surface area (Å²) in [5.41, 5.74) is 8.70. The Bertz CT molecular complexity index is 1450. The number of carbonyl (C=O) groups is 1. The Morgan fingerprint density at radius 1 is 1.08 bits per heavy atom. The summed E-state index contributed by atoms with van der Waals surface area (Å²) in [5.74, 6) is 0.194. The maximum Gasteiger partial charge on any atom is 0.238 e. The minimum Gasteiger partial charge on any atom is -0.493 e. The van der Waals surface area contributed by atoms with E-state index in [4.69, 9.17) is 20.3 Å². The molecule has 0 fully saturated rings. The Hall–Kier alpha value is -3.81. The van der Waals surface area contributed by atoms with Crippen LogP contribution in [0.2, 0.25) is 0 Å². The van der Waals surface area contributed by atoms with E-state index in [0.717, 1.165) is 0 Å². The Morgan fingerprint density at radius 3 is 2.31 bits per heavy atom. The Kier molecular flexibility index (Phi) is 6.32. The van der Waals surface area contributed by atoms with Crippen LogP contribution >= 0.6 is 0 Å². The predicted molar refractivity (Wildman–Crippen MR) is 134 cm³/mol. The number of hydrogen-bond donors (Lipinski definition) is 2. The first kappa shape index (κ1) is 25.3. The molecule has 9 nitrogen and oxygen atoms in total. The molecule has 0 saturated heterocycles. The molecular formula is C26H28N4O5S. The molecule has 0 bridgehead atoms. The molecule has 1 atom stereocenters. The number of hydrogen-bond acceptors (Lipinski definition) is 8. The number of ketones is 1. The summed E-state index contributed by atoms with van der Waals surface area (Å²) in [6.45, 7) is 4.00. The second kappa shape index (κ2) is 9.00. The van der Waals surface area contributed by atoms with Crippen molar-refractivity contribution in [1.82, 2.24) is 0 Å². The number of primary sulfonamides is 1. The molecule has 0 amide bonds. The highest BCUT2D eigenvalue weighted by molar-refractivity contribution is 7.89. The third kappa shape index (κ3) is 4.21. The van der Waals surface area contributed by atoms with Crippen molar-refractivity contribution in [2.75, 3.05) is 19.1 Å². The van der Waals surface area contributed by atoms with Gasteiger partial charge in [-0.15, -0.1) is 0 Å². The molecule has 1 aliphatic heterocycles. The lowest BCUT2D eigenvalue weighted by atomic mass is 9.68. The summed E-state index contributed by atoms with van der Waals surface area (Å²) in [6, 6.07) is 13.4. The van der Waals surface area contributed by atoms with Crippen LogP contribution in [0, 0.1) is 16.7 Å². The fourth-order valence-corrected chi connectivity index (χ4v) is 5.55. The fourth-order valence-electron chi connectivity index (χ4n) is 5.04. The maximum absolute atomic E-state index is 13.7. The van der Waals surface area contributed by atoms with E-state index in [1.54, 1.807) is 35.2 Å². The van der Waals surface area contributed by atoms with Crippen molar-refractivity contribution < 1.29 is 22.7 Å². The number of rotatable bonds is 5. The van der Waals surface area contributed by atoms with E-state index >= 15 is 0 Å². The van der Waals surface area contributed by atoms with E-state index in [9.17, 15) is 18.5 Å². The average Bonchev–Trinajstić information content (AvgIpc) is 2.81. The summed E-state index contributed by atoms with van der Waals surface area (Å²) in [4.78, 5) is 15.3. The zero-order valence-corrected chi connectivity index (χ0v) is 21.3. The summed E-state index contributed by atoms with van der Waals surface area (Å²) in [6.07, 6.45) is 0.804. The summed E-state index contributed by atoms with van der Waals surface area (Å²) in [7, 11) is -0.874. The Balaban J connectivity index is 2.01. The van der Waals surface area contributed by atoms with Gasteiger partial charge >= 0.3 is 0 Å². The van der Waals surface area contributed by atoms with E-state index in [0.29, 0.717) is 46.9 Å². The highest BCUT2D eigenvalue weighted by Crippen LogP contribution is 2.52. The minimum atomic E-state index is -3.90. The van der Waals surface area contributed by atoms with Crippen LogP contribution in [-0.4, -0.2) is 28.4 Å². The monoisotopic (exact) mass is 508 g/mol. The molecule has 1 heterocycles. The number of carbonyl (C=O) groups excluding carboxylic acids is 1.